The predicted molar refractivity (Wildman–Crippen MR) is 101 cm³/mol. The minimum atomic E-state index is -0.742. The van der Waals surface area contributed by atoms with Crippen molar-refractivity contribution in [3.05, 3.63) is 85.7 Å². The van der Waals surface area contributed by atoms with Crippen molar-refractivity contribution >= 4 is 11.9 Å². The van der Waals surface area contributed by atoms with Gasteiger partial charge in [-0.05, 0) is 54.6 Å². The second-order valence-corrected chi connectivity index (χ2v) is 5.58. The van der Waals surface area contributed by atoms with Crippen molar-refractivity contribution in [1.29, 1.82) is 0 Å². The van der Waals surface area contributed by atoms with E-state index >= 15 is 0 Å². The van der Waals surface area contributed by atoms with Gasteiger partial charge >= 0.3 is 11.9 Å². The molecule has 0 aliphatic carbocycles. The van der Waals surface area contributed by atoms with E-state index in [2.05, 4.69) is 13.2 Å². The van der Waals surface area contributed by atoms with Crippen molar-refractivity contribution in [1.82, 2.24) is 0 Å². The molecule has 1 aromatic heterocycles. The molecule has 0 saturated heterocycles. The number of rotatable bonds is 6. The van der Waals surface area contributed by atoms with E-state index in [0.717, 1.165) is 17.7 Å². The van der Waals surface area contributed by atoms with E-state index in [9.17, 15) is 14.0 Å². The van der Waals surface area contributed by atoms with Crippen molar-refractivity contribution in [3.8, 4) is 34.1 Å². The average Bonchev–Trinajstić information content (AvgIpc) is 3.20. The lowest BCUT2D eigenvalue weighted by Crippen LogP contribution is -2.04. The first-order valence-corrected chi connectivity index (χ1v) is 8.19. The summed E-state index contributed by atoms with van der Waals surface area (Å²) >= 11 is 0. The Hall–Kier alpha value is -3.93. The van der Waals surface area contributed by atoms with Gasteiger partial charge in [0.15, 0.2) is 11.6 Å². The number of esters is 2. The molecule has 28 heavy (non-hydrogen) atoms. The van der Waals surface area contributed by atoms with Gasteiger partial charge in [-0.25, -0.2) is 14.0 Å². The topological polar surface area (TPSA) is 65.7 Å². The zero-order valence-electron chi connectivity index (χ0n) is 14.7. The van der Waals surface area contributed by atoms with Crippen molar-refractivity contribution in [2.75, 3.05) is 0 Å². The fourth-order valence-corrected chi connectivity index (χ4v) is 2.38. The molecule has 0 fully saturated rings. The van der Waals surface area contributed by atoms with Gasteiger partial charge in [0, 0.05) is 23.3 Å². The molecular weight excluding hydrogens is 363 g/mol. The van der Waals surface area contributed by atoms with E-state index < -0.39 is 17.8 Å². The molecule has 5 nitrogen and oxygen atoms in total. The highest BCUT2D eigenvalue weighted by atomic mass is 19.1. The number of hydrogen-bond acceptors (Lipinski definition) is 5. The van der Waals surface area contributed by atoms with Gasteiger partial charge in [0.25, 0.3) is 0 Å². The van der Waals surface area contributed by atoms with Gasteiger partial charge in [-0.2, -0.15) is 0 Å². The normalized spacial score (nSPS) is 10.2. The van der Waals surface area contributed by atoms with Crippen LogP contribution in [0, 0.1) is 5.82 Å². The molecular formula is C22H15FO5. The third-order valence-electron chi connectivity index (χ3n) is 3.72. The largest absolute Gasteiger partial charge is 0.456 e. The molecule has 0 atom stereocenters. The Kier molecular flexibility index (Phi) is 5.50. The molecule has 0 bridgehead atoms. The summed E-state index contributed by atoms with van der Waals surface area (Å²) < 4.78 is 29.7. The number of furan rings is 1. The number of halogens is 1. The lowest BCUT2D eigenvalue weighted by atomic mass is 10.1. The maximum Gasteiger partial charge on any atom is 0.335 e. The number of ether oxygens (including phenoxy) is 2. The van der Waals surface area contributed by atoms with E-state index in [4.69, 9.17) is 13.9 Å². The van der Waals surface area contributed by atoms with Crippen LogP contribution < -0.4 is 9.47 Å². The van der Waals surface area contributed by atoms with Crippen molar-refractivity contribution in [2.24, 2.45) is 0 Å². The van der Waals surface area contributed by atoms with Crippen LogP contribution in [-0.4, -0.2) is 11.9 Å². The minimum Gasteiger partial charge on any atom is -0.456 e. The predicted octanol–water partition coefficient (Wildman–Crippen LogP) is 4.94. The molecule has 0 radical (unpaired) electrons. The van der Waals surface area contributed by atoms with Crippen LogP contribution in [0.15, 0.2) is 84.3 Å². The van der Waals surface area contributed by atoms with Crippen LogP contribution in [0.1, 0.15) is 0 Å². The average molecular weight is 378 g/mol. The van der Waals surface area contributed by atoms with E-state index in [-0.39, 0.29) is 5.75 Å². The summed E-state index contributed by atoms with van der Waals surface area (Å²) in [6, 6.07) is 14.3. The molecule has 3 aromatic rings. The van der Waals surface area contributed by atoms with Gasteiger partial charge in [-0.1, -0.05) is 13.2 Å². The quantitative estimate of drug-likeness (QED) is 0.345. The van der Waals surface area contributed by atoms with Crippen LogP contribution in [0.4, 0.5) is 4.39 Å². The van der Waals surface area contributed by atoms with Gasteiger partial charge in [-0.15, -0.1) is 0 Å². The lowest BCUT2D eigenvalue weighted by molar-refractivity contribution is -0.130. The van der Waals surface area contributed by atoms with Crippen molar-refractivity contribution in [3.63, 3.8) is 0 Å². The van der Waals surface area contributed by atoms with E-state index in [1.54, 1.807) is 42.5 Å². The molecule has 1 heterocycles. The van der Waals surface area contributed by atoms with Crippen LogP contribution in [0.2, 0.25) is 0 Å². The van der Waals surface area contributed by atoms with Gasteiger partial charge in [0.2, 0.25) is 0 Å². The summed E-state index contributed by atoms with van der Waals surface area (Å²) in [4.78, 5) is 22.4. The van der Waals surface area contributed by atoms with Gasteiger partial charge in [-0.3, -0.25) is 0 Å². The third-order valence-corrected chi connectivity index (χ3v) is 3.72. The smallest absolute Gasteiger partial charge is 0.335 e. The molecule has 0 unspecified atom stereocenters. The first-order chi connectivity index (χ1) is 13.5. The highest BCUT2D eigenvalue weighted by Gasteiger charge is 2.12. The maximum atomic E-state index is 14.1. The fraction of sp³-hybridized carbons (Fsp3) is 0. The second-order valence-electron chi connectivity index (χ2n) is 5.58. The molecule has 6 heteroatoms. The Morgan fingerprint density at radius 1 is 0.821 bits per heavy atom. The molecule has 2 aromatic carbocycles. The standard InChI is InChI=1S/C22H15FO5/c1-3-21(24)26-16-8-5-14(6-9-16)18-11-12-19(27-18)15-7-10-20(17(23)13-15)28-22(25)4-2/h3-13H,1-2H2. The van der Waals surface area contributed by atoms with Gasteiger partial charge < -0.3 is 13.9 Å². The summed E-state index contributed by atoms with van der Waals surface area (Å²) in [7, 11) is 0. The van der Waals surface area contributed by atoms with Crippen LogP contribution in [-0.2, 0) is 9.59 Å². The molecule has 0 aliphatic rings. The minimum absolute atomic E-state index is 0.190. The molecule has 3 rings (SSSR count). The maximum absolute atomic E-state index is 14.1. The van der Waals surface area contributed by atoms with Crippen molar-refractivity contribution in [2.45, 2.75) is 0 Å². The second kappa shape index (κ2) is 8.18. The zero-order valence-corrected chi connectivity index (χ0v) is 14.7. The fourth-order valence-electron chi connectivity index (χ4n) is 2.38. The zero-order chi connectivity index (χ0) is 20.1. The lowest BCUT2D eigenvalue weighted by Gasteiger charge is -2.05. The van der Waals surface area contributed by atoms with Crippen molar-refractivity contribution < 1.29 is 27.9 Å². The molecule has 0 saturated carbocycles. The van der Waals surface area contributed by atoms with Crippen LogP contribution in [0.3, 0.4) is 0 Å². The summed E-state index contributed by atoms with van der Waals surface area (Å²) in [5, 5.41) is 0. The highest BCUT2D eigenvalue weighted by Crippen LogP contribution is 2.31. The summed E-state index contributed by atoms with van der Waals surface area (Å²) in [6.07, 6.45) is 2.03. The Labute approximate surface area is 160 Å². The molecule has 0 spiro atoms. The summed E-state index contributed by atoms with van der Waals surface area (Å²) in [5.74, 6) is -0.792. The molecule has 140 valence electrons. The molecule has 0 amide bonds. The van der Waals surface area contributed by atoms with Gasteiger partial charge in [0.05, 0.1) is 0 Å². The van der Waals surface area contributed by atoms with E-state index in [1.165, 1.54) is 12.1 Å². The molecule has 0 N–H and O–H groups in total. The number of benzene rings is 2. The number of carbonyl (C=O) groups excluding carboxylic acids is 2. The van der Waals surface area contributed by atoms with E-state index in [0.29, 0.717) is 22.8 Å². The van der Waals surface area contributed by atoms with E-state index in [1.807, 2.05) is 0 Å². The Balaban J connectivity index is 1.79. The third kappa shape index (κ3) is 4.24. The van der Waals surface area contributed by atoms with Crippen LogP contribution in [0.25, 0.3) is 22.6 Å². The van der Waals surface area contributed by atoms with Crippen LogP contribution >= 0.6 is 0 Å². The summed E-state index contributed by atoms with van der Waals surface area (Å²) in [6.45, 7) is 6.60. The highest BCUT2D eigenvalue weighted by molar-refractivity contribution is 5.84. The Morgan fingerprint density at radius 3 is 2.00 bits per heavy atom. The Morgan fingerprint density at radius 2 is 1.39 bits per heavy atom. The number of carbonyl (C=O) groups is 2. The monoisotopic (exact) mass is 378 g/mol. The van der Waals surface area contributed by atoms with Crippen LogP contribution in [0.5, 0.6) is 11.5 Å². The van der Waals surface area contributed by atoms with Gasteiger partial charge in [0.1, 0.15) is 17.3 Å². The first kappa shape index (κ1) is 18.8. The summed E-state index contributed by atoms with van der Waals surface area (Å²) in [5.41, 5.74) is 1.24. The molecule has 0 aliphatic heterocycles. The SMILES string of the molecule is C=CC(=O)Oc1ccc(-c2ccc(-c3ccc(OC(=O)C=C)c(F)c3)o2)cc1. The number of hydrogen-bond donors (Lipinski definition) is 0. The Bertz CT molecular complexity index is 1050. The first-order valence-electron chi connectivity index (χ1n) is 8.19.